The quantitative estimate of drug-likeness (QED) is 0.868. The molecule has 4 rings (SSSR count). The molecule has 130 valence electrons. The summed E-state index contributed by atoms with van der Waals surface area (Å²) in [4.78, 5) is 13.8. The van der Waals surface area contributed by atoms with Gasteiger partial charge in [0.05, 0.1) is 4.90 Å². The summed E-state index contributed by atoms with van der Waals surface area (Å²) < 4.78 is 28.3. The summed E-state index contributed by atoms with van der Waals surface area (Å²) in [5.41, 5.74) is 1.80. The highest BCUT2D eigenvalue weighted by atomic mass is 32.2. The molecule has 0 aliphatic carbocycles. The maximum Gasteiger partial charge on any atom is 0.243 e. The van der Waals surface area contributed by atoms with Crippen LogP contribution in [0.15, 0.2) is 23.1 Å². The molecule has 3 heterocycles. The molecule has 1 aromatic carbocycles. The molecule has 1 amide bonds. The second-order valence-corrected chi connectivity index (χ2v) is 8.77. The molecule has 0 radical (unpaired) electrons. The largest absolute Gasteiger partial charge is 0.315 e. The molecule has 7 heteroatoms. The second-order valence-electron chi connectivity index (χ2n) is 6.92. The Bertz CT molecular complexity index is 763. The van der Waals surface area contributed by atoms with Crippen LogP contribution in [0.5, 0.6) is 0 Å². The summed E-state index contributed by atoms with van der Waals surface area (Å²) in [6.07, 6.45) is 3.51. The Kier molecular flexibility index (Phi) is 3.89. The molecular formula is C17H23N3O3S. The predicted octanol–water partition coefficient (Wildman–Crippen LogP) is 1.11. The number of nitrogens with one attached hydrogen (secondary N) is 1. The highest BCUT2D eigenvalue weighted by Crippen LogP contribution is 2.36. The van der Waals surface area contributed by atoms with Crippen molar-refractivity contribution in [3.8, 4) is 0 Å². The maximum absolute atomic E-state index is 13.3. The fourth-order valence-electron chi connectivity index (χ4n) is 4.30. The predicted molar refractivity (Wildman–Crippen MR) is 91.5 cm³/mol. The Morgan fingerprint density at radius 3 is 2.79 bits per heavy atom. The van der Waals surface area contributed by atoms with E-state index in [4.69, 9.17) is 0 Å². The number of rotatable bonds is 2. The lowest BCUT2D eigenvalue weighted by atomic mass is 10.1. The Balaban J connectivity index is 1.73. The summed E-state index contributed by atoms with van der Waals surface area (Å²) in [6, 6.07) is 5.39. The van der Waals surface area contributed by atoms with Crippen LogP contribution in [0.1, 0.15) is 31.7 Å². The SMILES string of the molecule is CC(=O)N1CCc2ccc(S(=O)(=O)N3C4CCNCC3CC4)cc21. The third-order valence-corrected chi connectivity index (χ3v) is 7.50. The fourth-order valence-corrected chi connectivity index (χ4v) is 6.22. The van der Waals surface area contributed by atoms with Crippen molar-refractivity contribution in [1.29, 1.82) is 0 Å². The van der Waals surface area contributed by atoms with E-state index in [1.54, 1.807) is 21.3 Å². The Hall–Kier alpha value is -1.44. The van der Waals surface area contributed by atoms with Crippen molar-refractivity contribution < 1.29 is 13.2 Å². The lowest BCUT2D eigenvalue weighted by Gasteiger charge is -2.27. The lowest BCUT2D eigenvalue weighted by Crippen LogP contribution is -2.42. The van der Waals surface area contributed by atoms with E-state index in [9.17, 15) is 13.2 Å². The first-order valence-corrected chi connectivity index (χ1v) is 10.1. The van der Waals surface area contributed by atoms with Gasteiger partial charge in [0.1, 0.15) is 0 Å². The number of carbonyl (C=O) groups is 1. The second kappa shape index (κ2) is 5.82. The zero-order chi connectivity index (χ0) is 16.9. The molecule has 0 spiro atoms. The third-order valence-electron chi connectivity index (χ3n) is 5.50. The van der Waals surface area contributed by atoms with Gasteiger partial charge in [-0.25, -0.2) is 8.42 Å². The number of sulfonamides is 1. The number of fused-ring (bicyclic) bond motifs is 3. The van der Waals surface area contributed by atoms with Gasteiger partial charge in [0.25, 0.3) is 0 Å². The van der Waals surface area contributed by atoms with Gasteiger partial charge < -0.3 is 10.2 Å². The van der Waals surface area contributed by atoms with Crippen LogP contribution in [0.2, 0.25) is 0 Å². The van der Waals surface area contributed by atoms with Crippen molar-refractivity contribution in [2.45, 2.75) is 49.6 Å². The van der Waals surface area contributed by atoms with Crippen molar-refractivity contribution in [1.82, 2.24) is 9.62 Å². The fraction of sp³-hybridized carbons (Fsp3) is 0.588. The van der Waals surface area contributed by atoms with Crippen molar-refractivity contribution in [2.75, 3.05) is 24.5 Å². The first-order valence-electron chi connectivity index (χ1n) is 8.64. The topological polar surface area (TPSA) is 69.7 Å². The molecule has 0 saturated carbocycles. The zero-order valence-electron chi connectivity index (χ0n) is 13.9. The average molecular weight is 349 g/mol. The number of anilines is 1. The molecule has 2 fully saturated rings. The molecule has 2 bridgehead atoms. The van der Waals surface area contributed by atoms with Gasteiger partial charge >= 0.3 is 0 Å². The van der Waals surface area contributed by atoms with E-state index in [2.05, 4.69) is 5.32 Å². The van der Waals surface area contributed by atoms with Crippen LogP contribution in [0.25, 0.3) is 0 Å². The summed E-state index contributed by atoms with van der Waals surface area (Å²) in [5, 5.41) is 3.34. The van der Waals surface area contributed by atoms with E-state index in [0.717, 1.165) is 50.0 Å². The van der Waals surface area contributed by atoms with E-state index in [-0.39, 0.29) is 18.0 Å². The van der Waals surface area contributed by atoms with Crippen LogP contribution < -0.4 is 10.2 Å². The average Bonchev–Trinajstić information content (AvgIpc) is 3.06. The normalized spacial score (nSPS) is 27.1. The highest BCUT2D eigenvalue weighted by Gasteiger charge is 2.43. The Morgan fingerprint density at radius 2 is 2.00 bits per heavy atom. The smallest absolute Gasteiger partial charge is 0.243 e. The summed E-state index contributed by atoms with van der Waals surface area (Å²) >= 11 is 0. The number of benzene rings is 1. The maximum atomic E-state index is 13.3. The first-order chi connectivity index (χ1) is 11.5. The summed E-state index contributed by atoms with van der Waals surface area (Å²) in [6.45, 7) is 3.75. The first kappa shape index (κ1) is 16.1. The summed E-state index contributed by atoms with van der Waals surface area (Å²) in [5.74, 6) is -0.0395. The number of amides is 1. The van der Waals surface area contributed by atoms with Crippen LogP contribution in [-0.4, -0.2) is 50.3 Å². The van der Waals surface area contributed by atoms with Crippen LogP contribution in [0, 0.1) is 0 Å². The van der Waals surface area contributed by atoms with Crippen molar-refractivity contribution >= 4 is 21.6 Å². The van der Waals surface area contributed by atoms with Gasteiger partial charge in [-0.1, -0.05) is 6.07 Å². The standard InChI is InChI=1S/C17H23N3O3S/c1-12(21)19-9-7-13-2-5-16(10-17(13)19)24(22,23)20-14-3-4-15(20)11-18-8-6-14/h2,5,10,14-15,18H,3-4,6-9,11H2,1H3. The number of hydrogen-bond donors (Lipinski definition) is 1. The van der Waals surface area contributed by atoms with Gasteiger partial charge in [0.2, 0.25) is 15.9 Å². The molecule has 24 heavy (non-hydrogen) atoms. The molecule has 6 nitrogen and oxygen atoms in total. The van der Waals surface area contributed by atoms with Crippen LogP contribution >= 0.6 is 0 Å². The van der Waals surface area contributed by atoms with Crippen molar-refractivity contribution in [3.05, 3.63) is 23.8 Å². The minimum atomic E-state index is -3.54. The molecular weight excluding hydrogens is 326 g/mol. The van der Waals surface area contributed by atoms with Crippen LogP contribution in [0.4, 0.5) is 5.69 Å². The van der Waals surface area contributed by atoms with Gasteiger partial charge in [0.15, 0.2) is 0 Å². The lowest BCUT2D eigenvalue weighted by molar-refractivity contribution is -0.116. The molecule has 2 atom stereocenters. The monoisotopic (exact) mass is 349 g/mol. The van der Waals surface area contributed by atoms with Gasteiger partial charge in [-0.2, -0.15) is 4.31 Å². The van der Waals surface area contributed by atoms with Crippen LogP contribution in [-0.2, 0) is 21.2 Å². The Morgan fingerprint density at radius 1 is 1.21 bits per heavy atom. The molecule has 1 N–H and O–H groups in total. The number of carbonyl (C=O) groups excluding carboxylic acids is 1. The molecule has 3 aliphatic rings. The molecule has 3 aliphatic heterocycles. The van der Waals surface area contributed by atoms with E-state index in [1.807, 2.05) is 6.07 Å². The van der Waals surface area contributed by atoms with Gasteiger partial charge in [0, 0.05) is 37.8 Å². The molecule has 1 aromatic rings. The molecule has 2 saturated heterocycles. The van der Waals surface area contributed by atoms with Crippen molar-refractivity contribution in [3.63, 3.8) is 0 Å². The van der Waals surface area contributed by atoms with E-state index in [1.165, 1.54) is 6.92 Å². The zero-order valence-corrected chi connectivity index (χ0v) is 14.7. The van der Waals surface area contributed by atoms with Crippen molar-refractivity contribution in [2.24, 2.45) is 0 Å². The molecule has 2 unspecified atom stereocenters. The minimum absolute atomic E-state index is 0.0395. The van der Waals surface area contributed by atoms with Gasteiger partial charge in [-0.15, -0.1) is 0 Å². The summed E-state index contributed by atoms with van der Waals surface area (Å²) in [7, 11) is -3.54. The number of nitrogens with zero attached hydrogens (tertiary/aromatic N) is 2. The number of hydrogen-bond acceptors (Lipinski definition) is 4. The third kappa shape index (κ3) is 2.46. The van der Waals surface area contributed by atoms with Gasteiger partial charge in [-0.3, -0.25) is 4.79 Å². The molecule has 0 aromatic heterocycles. The Labute approximate surface area is 142 Å². The van der Waals surface area contributed by atoms with Crippen LogP contribution in [0.3, 0.4) is 0 Å². The van der Waals surface area contributed by atoms with E-state index < -0.39 is 10.0 Å². The highest BCUT2D eigenvalue weighted by molar-refractivity contribution is 7.89. The minimum Gasteiger partial charge on any atom is -0.315 e. The van der Waals surface area contributed by atoms with E-state index in [0.29, 0.717) is 11.4 Å². The van der Waals surface area contributed by atoms with Gasteiger partial charge in [-0.05, 0) is 49.9 Å². The van der Waals surface area contributed by atoms with E-state index >= 15 is 0 Å².